The SMILES string of the molecule is [2H]c1c([2H])c(C([2H])([2H])[C@]([2H])(N)C(=O)OC([2H])([2H])C([2H])([2H])[2H])c([2H])c(O)c1O. The molecule has 0 bridgehead atoms. The third-order valence-electron chi connectivity index (χ3n) is 1.40. The van der Waals surface area contributed by atoms with Crippen LogP contribution in [0.1, 0.15) is 27.5 Å². The molecule has 0 heterocycles. The van der Waals surface area contributed by atoms with Crippen molar-refractivity contribution >= 4 is 5.97 Å². The number of carbonyl (C=O) groups is 1. The molecule has 0 radical (unpaired) electrons. The van der Waals surface area contributed by atoms with Gasteiger partial charge in [-0.05, 0) is 30.9 Å². The van der Waals surface area contributed by atoms with Crippen LogP contribution in [-0.4, -0.2) is 28.8 Å². The predicted octanol–water partition coefficient (Wildman–Crippen LogP) is 0.531. The Morgan fingerprint density at radius 1 is 1.75 bits per heavy atom. The molecule has 16 heavy (non-hydrogen) atoms. The number of phenols is 2. The van der Waals surface area contributed by atoms with E-state index in [1.807, 2.05) is 0 Å². The van der Waals surface area contributed by atoms with Crippen LogP contribution in [0.4, 0.5) is 0 Å². The minimum Gasteiger partial charge on any atom is -0.504 e. The summed E-state index contributed by atoms with van der Waals surface area (Å²) in [7, 11) is 0. The van der Waals surface area contributed by atoms with Gasteiger partial charge >= 0.3 is 5.97 Å². The second kappa shape index (κ2) is 5.37. The van der Waals surface area contributed by atoms with E-state index in [1.165, 1.54) is 0 Å². The van der Waals surface area contributed by atoms with Crippen molar-refractivity contribution in [2.75, 3.05) is 6.56 Å². The molecule has 0 saturated heterocycles. The standard InChI is InChI=1S/C11H15NO4/c1-2-16-11(15)8(12)5-7-3-4-9(13)10(14)6-7/h3-4,6,8,13-14H,2,5,12H2,1H3/t8-/m0/s1/i1D3,2D2,3D,4D,5D2,6D,8D. The van der Waals surface area contributed by atoms with E-state index in [0.717, 1.165) is 0 Å². The molecule has 0 aliphatic heterocycles. The van der Waals surface area contributed by atoms with E-state index in [1.54, 1.807) is 0 Å². The van der Waals surface area contributed by atoms with E-state index in [-0.39, 0.29) is 0 Å². The number of hydrogen-bond donors (Lipinski definition) is 3. The maximum atomic E-state index is 12.1. The van der Waals surface area contributed by atoms with Gasteiger partial charge in [0.2, 0.25) is 0 Å². The summed E-state index contributed by atoms with van der Waals surface area (Å²) in [6.45, 7) is -7.12. The van der Waals surface area contributed by atoms with Gasteiger partial charge in [0.15, 0.2) is 11.5 Å². The summed E-state index contributed by atoms with van der Waals surface area (Å²) in [4.78, 5) is 12.1. The van der Waals surface area contributed by atoms with Crippen LogP contribution in [-0.2, 0) is 15.9 Å². The molecule has 1 aromatic carbocycles. The van der Waals surface area contributed by atoms with Crippen LogP contribution in [0.5, 0.6) is 11.5 Å². The van der Waals surface area contributed by atoms with E-state index < -0.39 is 67.0 Å². The van der Waals surface area contributed by atoms with Gasteiger partial charge in [0.1, 0.15) is 6.02 Å². The van der Waals surface area contributed by atoms with Gasteiger partial charge in [-0.15, -0.1) is 0 Å². The second-order valence-corrected chi connectivity index (χ2v) is 2.48. The maximum Gasteiger partial charge on any atom is 0.323 e. The van der Waals surface area contributed by atoms with Gasteiger partial charge in [0.05, 0.1) is 14.8 Å². The minimum atomic E-state index is -3.63. The quantitative estimate of drug-likeness (QED) is 0.524. The number of phenolic OH excluding ortho intramolecular Hbond substituents is 2. The molecule has 0 fully saturated rings. The van der Waals surface area contributed by atoms with Crippen molar-refractivity contribution in [3.8, 4) is 11.5 Å². The number of hydrogen-bond acceptors (Lipinski definition) is 5. The van der Waals surface area contributed by atoms with Crippen molar-refractivity contribution in [3.05, 3.63) is 23.7 Å². The smallest absolute Gasteiger partial charge is 0.323 e. The van der Waals surface area contributed by atoms with E-state index in [2.05, 4.69) is 4.74 Å². The monoisotopic (exact) mass is 236 g/mol. The zero-order valence-corrected chi connectivity index (χ0v) is 7.79. The first-order chi connectivity index (χ1) is 11.8. The van der Waals surface area contributed by atoms with Gasteiger partial charge in [0.25, 0.3) is 0 Å². The summed E-state index contributed by atoms with van der Waals surface area (Å²) in [5, 5.41) is 19.0. The lowest BCUT2D eigenvalue weighted by Crippen LogP contribution is -2.34. The molecule has 4 N–H and O–H groups in total. The molecule has 0 unspecified atom stereocenters. The van der Waals surface area contributed by atoms with Crippen LogP contribution in [0.15, 0.2) is 18.1 Å². The molecule has 0 saturated carbocycles. The molecule has 1 atom stereocenters. The number of rotatable bonds is 4. The highest BCUT2D eigenvalue weighted by Crippen LogP contribution is 2.25. The molecule has 0 aliphatic carbocycles. The van der Waals surface area contributed by atoms with Crippen molar-refractivity contribution in [1.29, 1.82) is 0 Å². The first kappa shape index (κ1) is 3.92. The zero-order valence-electron chi connectivity index (χ0n) is 18.8. The van der Waals surface area contributed by atoms with Gasteiger partial charge in [-0.2, -0.15) is 0 Å². The lowest BCUT2D eigenvalue weighted by atomic mass is 10.1. The van der Waals surface area contributed by atoms with Crippen molar-refractivity contribution in [3.63, 3.8) is 0 Å². The molecule has 0 aromatic heterocycles. The summed E-state index contributed by atoms with van der Waals surface area (Å²) < 4.78 is 85.5. The highest BCUT2D eigenvalue weighted by molar-refractivity contribution is 5.75. The summed E-state index contributed by atoms with van der Waals surface area (Å²) in [6.07, 6.45) is -3.54. The molecule has 88 valence electrons. The molecule has 5 nitrogen and oxygen atoms in total. The lowest BCUT2D eigenvalue weighted by Gasteiger charge is -2.10. The molecule has 1 rings (SSSR count). The van der Waals surface area contributed by atoms with Gasteiger partial charge in [-0.1, -0.05) is 6.04 Å². The first-order valence-corrected chi connectivity index (χ1v) is 3.85. The normalized spacial score (nSPS) is 26.7. The lowest BCUT2D eigenvalue weighted by molar-refractivity contribution is -0.144. The number of benzene rings is 1. The Kier molecular flexibility index (Phi) is 1.32. The number of carbonyl (C=O) groups excluding carboxylic acids is 1. The molecule has 1 aromatic rings. The topological polar surface area (TPSA) is 92.8 Å². The molecule has 0 aliphatic rings. The summed E-state index contributed by atoms with van der Waals surface area (Å²) >= 11 is 0. The molecule has 0 amide bonds. The Morgan fingerprint density at radius 2 is 2.50 bits per heavy atom. The molecule has 5 heteroatoms. The Morgan fingerprint density at radius 3 is 3.19 bits per heavy atom. The highest BCUT2D eigenvalue weighted by Gasteiger charge is 2.15. The van der Waals surface area contributed by atoms with Crippen molar-refractivity contribution in [2.24, 2.45) is 5.73 Å². The molecular weight excluding hydrogens is 210 g/mol. The fraction of sp³-hybridized carbons (Fsp3) is 0.364. The summed E-state index contributed by atoms with van der Waals surface area (Å²) in [6, 6.07) is -7.13. The number of esters is 1. The third-order valence-corrected chi connectivity index (χ3v) is 1.40. The van der Waals surface area contributed by atoms with Crippen molar-refractivity contribution in [2.45, 2.75) is 19.2 Å². The largest absolute Gasteiger partial charge is 0.504 e. The average Bonchev–Trinajstić information content (AvgIpc) is 2.49. The molecule has 0 spiro atoms. The Hall–Kier alpha value is -1.75. The van der Waals surface area contributed by atoms with Gasteiger partial charge in [-0.3, -0.25) is 4.79 Å². The van der Waals surface area contributed by atoms with Crippen LogP contribution in [0.3, 0.4) is 0 Å². The summed E-state index contributed by atoms with van der Waals surface area (Å²) in [5.41, 5.74) is 4.06. The minimum absolute atomic E-state index is 1.12. The molecular formula is C11H15NO4. The number of nitrogens with two attached hydrogens (primary N) is 1. The fourth-order valence-electron chi connectivity index (χ4n) is 0.739. The van der Waals surface area contributed by atoms with E-state index >= 15 is 0 Å². The van der Waals surface area contributed by atoms with Crippen LogP contribution in [0, 0.1) is 0 Å². The van der Waals surface area contributed by atoms with Crippen LogP contribution < -0.4 is 5.73 Å². The number of ether oxygens (including phenoxy) is 1. The van der Waals surface area contributed by atoms with Gasteiger partial charge in [0, 0.05) is 6.85 Å². The Labute approximate surface area is 109 Å². The van der Waals surface area contributed by atoms with Gasteiger partial charge in [-0.25, -0.2) is 0 Å². The first-order valence-electron chi connectivity index (χ1n) is 9.35. The van der Waals surface area contributed by atoms with E-state index in [9.17, 15) is 15.0 Å². The van der Waals surface area contributed by atoms with Crippen molar-refractivity contribution in [1.82, 2.24) is 0 Å². The number of aromatic hydroxyl groups is 2. The Balaban J connectivity index is 3.53. The van der Waals surface area contributed by atoms with Crippen LogP contribution >= 0.6 is 0 Å². The fourth-order valence-corrected chi connectivity index (χ4v) is 0.739. The average molecular weight is 236 g/mol. The van der Waals surface area contributed by atoms with Crippen molar-refractivity contribution < 1.29 is 34.8 Å². The maximum absolute atomic E-state index is 12.1. The van der Waals surface area contributed by atoms with Crippen LogP contribution in [0.2, 0.25) is 0 Å². The zero-order chi connectivity index (χ0) is 21.7. The third kappa shape index (κ3) is 3.13. The van der Waals surface area contributed by atoms with Gasteiger partial charge < -0.3 is 20.7 Å². The van der Waals surface area contributed by atoms with Crippen LogP contribution in [0.25, 0.3) is 0 Å². The predicted molar refractivity (Wildman–Crippen MR) is 58.1 cm³/mol. The highest BCUT2D eigenvalue weighted by atomic mass is 16.5. The Bertz CT molecular complexity index is 746. The summed E-state index contributed by atoms with van der Waals surface area (Å²) in [5.74, 6) is -4.69. The second-order valence-electron chi connectivity index (χ2n) is 2.48. The van der Waals surface area contributed by atoms with E-state index in [0.29, 0.717) is 0 Å². The van der Waals surface area contributed by atoms with E-state index in [4.69, 9.17) is 20.8 Å².